The first kappa shape index (κ1) is 20.7. The third-order valence-electron chi connectivity index (χ3n) is 4.28. The zero-order chi connectivity index (χ0) is 22.0. The molecule has 0 amide bonds. The molecule has 31 heavy (non-hydrogen) atoms. The molecule has 8 nitrogen and oxygen atoms in total. The van der Waals surface area contributed by atoms with Gasteiger partial charge in [0.25, 0.3) is 5.69 Å². The van der Waals surface area contributed by atoms with E-state index >= 15 is 0 Å². The largest absolute Gasteiger partial charge is 0.422 e. The van der Waals surface area contributed by atoms with Crippen LogP contribution >= 0.6 is 33.9 Å². The monoisotopic (exact) mass is 542 g/mol. The lowest BCUT2D eigenvalue weighted by molar-refractivity contribution is -0.384. The number of thiazole rings is 1. The van der Waals surface area contributed by atoms with Crippen molar-refractivity contribution in [3.05, 3.63) is 89.2 Å². The second-order valence-electron chi connectivity index (χ2n) is 6.29. The van der Waals surface area contributed by atoms with Crippen LogP contribution in [0.1, 0.15) is 5.01 Å². The Kier molecular flexibility index (Phi) is 5.79. The molecule has 0 aliphatic carbocycles. The minimum atomic E-state index is -0.613. The van der Waals surface area contributed by atoms with E-state index in [1.807, 2.05) is 24.3 Å². The van der Waals surface area contributed by atoms with Gasteiger partial charge in [0, 0.05) is 38.4 Å². The number of hydrogen-bond donors (Lipinski definition) is 1. The maximum absolute atomic E-state index is 12.4. The number of nitro groups is 1. The first-order chi connectivity index (χ1) is 14.9. The SMILES string of the molecule is N#CC(=CNc1ccc(I)cc1)c1nc(-c2cc3cc([N+](=O)[O-])ccc3oc2=O)cs1. The average molecular weight is 542 g/mol. The molecule has 0 aliphatic rings. The number of nitro benzene ring substituents is 1. The minimum absolute atomic E-state index is 0.109. The first-order valence-electron chi connectivity index (χ1n) is 8.75. The van der Waals surface area contributed by atoms with Gasteiger partial charge in [-0.3, -0.25) is 10.1 Å². The van der Waals surface area contributed by atoms with Crippen molar-refractivity contribution in [2.45, 2.75) is 0 Å². The number of allylic oxidation sites excluding steroid dienone is 1. The number of nitriles is 1. The van der Waals surface area contributed by atoms with Crippen LogP contribution in [0.15, 0.2) is 69.3 Å². The van der Waals surface area contributed by atoms with E-state index in [9.17, 15) is 20.2 Å². The molecule has 10 heteroatoms. The van der Waals surface area contributed by atoms with Gasteiger partial charge in [-0.15, -0.1) is 11.3 Å². The van der Waals surface area contributed by atoms with Crippen LogP contribution < -0.4 is 10.9 Å². The summed E-state index contributed by atoms with van der Waals surface area (Å²) in [5.41, 5.74) is 1.14. The number of anilines is 1. The smallest absolute Gasteiger partial charge is 0.345 e. The lowest BCUT2D eigenvalue weighted by atomic mass is 10.1. The number of rotatable bonds is 5. The van der Waals surface area contributed by atoms with Crippen molar-refractivity contribution >= 4 is 61.8 Å². The standard InChI is InChI=1S/C21H11IN4O4S/c22-14-1-3-15(4-2-14)24-10-13(9-23)20-25-18(11-31-20)17-8-12-7-16(26(28)29)5-6-19(12)30-21(17)27/h1-8,10-11,24H. The predicted octanol–water partition coefficient (Wildman–Crippen LogP) is 5.41. The van der Waals surface area contributed by atoms with E-state index < -0.39 is 10.5 Å². The summed E-state index contributed by atoms with van der Waals surface area (Å²) in [6.07, 6.45) is 1.55. The van der Waals surface area contributed by atoms with Crippen LogP contribution in [-0.2, 0) is 0 Å². The van der Waals surface area contributed by atoms with Gasteiger partial charge in [-0.1, -0.05) is 0 Å². The molecule has 4 aromatic rings. The molecule has 2 aromatic carbocycles. The Hall–Kier alpha value is -3.56. The molecule has 0 unspecified atom stereocenters. The fraction of sp³-hybridized carbons (Fsp3) is 0. The molecule has 1 N–H and O–H groups in total. The van der Waals surface area contributed by atoms with Crippen molar-refractivity contribution in [3.8, 4) is 17.3 Å². The van der Waals surface area contributed by atoms with E-state index in [-0.39, 0.29) is 16.8 Å². The topological polar surface area (TPSA) is 122 Å². The average Bonchev–Trinajstić information content (AvgIpc) is 3.24. The highest BCUT2D eigenvalue weighted by molar-refractivity contribution is 14.1. The van der Waals surface area contributed by atoms with Gasteiger partial charge in [-0.2, -0.15) is 5.26 Å². The summed E-state index contributed by atoms with van der Waals surface area (Å²) in [6.45, 7) is 0. The maximum Gasteiger partial charge on any atom is 0.345 e. The van der Waals surface area contributed by atoms with Crippen LogP contribution in [-0.4, -0.2) is 9.91 Å². The molecule has 2 heterocycles. The van der Waals surface area contributed by atoms with Gasteiger partial charge >= 0.3 is 5.63 Å². The van der Waals surface area contributed by atoms with Crippen LogP contribution in [0, 0.1) is 25.0 Å². The Morgan fingerprint density at radius 2 is 2.03 bits per heavy atom. The number of nitrogens with zero attached hydrogens (tertiary/aromatic N) is 3. The summed E-state index contributed by atoms with van der Waals surface area (Å²) >= 11 is 3.41. The summed E-state index contributed by atoms with van der Waals surface area (Å²) in [4.78, 5) is 27.3. The molecule has 0 atom stereocenters. The van der Waals surface area contributed by atoms with Crippen LogP contribution in [0.3, 0.4) is 0 Å². The Balaban J connectivity index is 1.67. The van der Waals surface area contributed by atoms with Crippen molar-refractivity contribution in [3.63, 3.8) is 0 Å². The highest BCUT2D eigenvalue weighted by atomic mass is 127. The number of nitrogens with one attached hydrogen (secondary N) is 1. The molecule has 0 fully saturated rings. The zero-order valence-corrected chi connectivity index (χ0v) is 18.5. The van der Waals surface area contributed by atoms with Gasteiger partial charge in [-0.25, -0.2) is 9.78 Å². The molecule has 0 radical (unpaired) electrons. The van der Waals surface area contributed by atoms with Crippen LogP contribution in [0.25, 0.3) is 27.8 Å². The third-order valence-corrected chi connectivity index (χ3v) is 5.88. The fourth-order valence-electron chi connectivity index (χ4n) is 2.77. The van der Waals surface area contributed by atoms with E-state index in [1.54, 1.807) is 11.6 Å². The van der Waals surface area contributed by atoms with Crippen molar-refractivity contribution in [1.29, 1.82) is 5.26 Å². The lowest BCUT2D eigenvalue weighted by Crippen LogP contribution is -2.03. The fourth-order valence-corrected chi connectivity index (χ4v) is 3.91. The molecule has 2 aromatic heterocycles. The molecule has 152 valence electrons. The van der Waals surface area contributed by atoms with Crippen LogP contribution in [0.4, 0.5) is 11.4 Å². The quantitative estimate of drug-likeness (QED) is 0.118. The maximum atomic E-state index is 12.4. The summed E-state index contributed by atoms with van der Waals surface area (Å²) in [7, 11) is 0. The van der Waals surface area contributed by atoms with Gasteiger partial charge in [0.05, 0.1) is 16.2 Å². The zero-order valence-electron chi connectivity index (χ0n) is 15.5. The molecular weight excluding hydrogens is 531 g/mol. The summed E-state index contributed by atoms with van der Waals surface area (Å²) in [5, 5.41) is 26.1. The Bertz CT molecular complexity index is 1430. The Morgan fingerprint density at radius 1 is 1.26 bits per heavy atom. The molecule has 0 spiro atoms. The number of fused-ring (bicyclic) bond motifs is 1. The highest BCUT2D eigenvalue weighted by Gasteiger charge is 2.15. The van der Waals surface area contributed by atoms with Crippen molar-refractivity contribution < 1.29 is 9.34 Å². The van der Waals surface area contributed by atoms with Gasteiger partial charge in [0.15, 0.2) is 0 Å². The van der Waals surface area contributed by atoms with E-state index in [1.165, 1.54) is 35.6 Å². The van der Waals surface area contributed by atoms with Crippen LogP contribution in [0.2, 0.25) is 0 Å². The van der Waals surface area contributed by atoms with Gasteiger partial charge in [-0.05, 0) is 59.0 Å². The second kappa shape index (κ2) is 8.66. The van der Waals surface area contributed by atoms with Crippen molar-refractivity contribution in [2.24, 2.45) is 0 Å². The van der Waals surface area contributed by atoms with E-state index in [0.29, 0.717) is 21.7 Å². The lowest BCUT2D eigenvalue weighted by Gasteiger charge is -2.01. The van der Waals surface area contributed by atoms with Crippen molar-refractivity contribution in [2.75, 3.05) is 5.32 Å². The molecule has 0 saturated carbocycles. The van der Waals surface area contributed by atoms with E-state index in [0.717, 1.165) is 9.26 Å². The van der Waals surface area contributed by atoms with Gasteiger partial charge in [0.2, 0.25) is 0 Å². The third kappa shape index (κ3) is 4.47. The van der Waals surface area contributed by atoms with E-state index in [2.05, 4.69) is 39.0 Å². The Morgan fingerprint density at radius 3 is 2.74 bits per heavy atom. The number of non-ortho nitro benzene ring substituents is 1. The number of benzene rings is 2. The van der Waals surface area contributed by atoms with E-state index in [4.69, 9.17) is 4.42 Å². The van der Waals surface area contributed by atoms with Crippen molar-refractivity contribution in [1.82, 2.24) is 4.98 Å². The summed E-state index contributed by atoms with van der Waals surface area (Å²) in [5.74, 6) is 0. The molecule has 0 saturated heterocycles. The molecular formula is C21H11IN4O4S. The Labute approximate surface area is 192 Å². The van der Waals surface area contributed by atoms with Gasteiger partial charge < -0.3 is 9.73 Å². The predicted molar refractivity (Wildman–Crippen MR) is 127 cm³/mol. The minimum Gasteiger partial charge on any atom is -0.422 e. The number of hydrogen-bond acceptors (Lipinski definition) is 8. The molecule has 0 aliphatic heterocycles. The number of halogens is 1. The molecule has 0 bridgehead atoms. The summed E-state index contributed by atoms with van der Waals surface area (Å²) in [6, 6.07) is 15.3. The van der Waals surface area contributed by atoms with Crippen LogP contribution in [0.5, 0.6) is 0 Å². The molecule has 4 rings (SSSR count). The van der Waals surface area contributed by atoms with Gasteiger partial charge in [0.1, 0.15) is 22.2 Å². The normalized spacial score (nSPS) is 11.3. The number of aromatic nitrogens is 1. The first-order valence-corrected chi connectivity index (χ1v) is 10.7. The second-order valence-corrected chi connectivity index (χ2v) is 8.39. The summed E-state index contributed by atoms with van der Waals surface area (Å²) < 4.78 is 6.38. The highest BCUT2D eigenvalue weighted by Crippen LogP contribution is 2.28.